The van der Waals surface area contributed by atoms with Crippen molar-refractivity contribution in [2.45, 2.75) is 6.23 Å². The number of aliphatic carboxylic acids is 1. The molecule has 0 aromatic rings. The van der Waals surface area contributed by atoms with Crippen molar-refractivity contribution in [2.24, 2.45) is 4.99 Å². The van der Waals surface area contributed by atoms with E-state index in [1.165, 1.54) is 18.6 Å². The van der Waals surface area contributed by atoms with Crippen LogP contribution in [0.4, 0.5) is 0 Å². The van der Waals surface area contributed by atoms with Crippen LogP contribution in [0.15, 0.2) is 17.3 Å². The second-order valence-electron chi connectivity index (χ2n) is 1.45. The molecule has 4 nitrogen and oxygen atoms in total. The van der Waals surface area contributed by atoms with Crippen molar-refractivity contribution >= 4 is 12.2 Å². The van der Waals surface area contributed by atoms with Crippen molar-refractivity contribution in [3.63, 3.8) is 0 Å². The molecule has 1 aliphatic rings. The molecule has 0 spiro atoms. The molecule has 1 atom stereocenters. The molecule has 0 aromatic heterocycles. The van der Waals surface area contributed by atoms with Gasteiger partial charge in [0.2, 0.25) is 0 Å². The first-order valence-corrected chi connectivity index (χ1v) is 2.37. The fraction of sp³-hybridized carbons (Fsp3) is 0.200. The molecule has 1 N–H and O–H groups in total. The van der Waals surface area contributed by atoms with Crippen LogP contribution in [-0.4, -0.2) is 23.5 Å². The van der Waals surface area contributed by atoms with Gasteiger partial charge in [0.25, 0.3) is 6.23 Å². The van der Waals surface area contributed by atoms with Gasteiger partial charge in [-0.05, 0) is 6.08 Å². The number of aliphatic imine (C=N–C) groups is 1. The zero-order chi connectivity index (χ0) is 6.69. The fourth-order valence-corrected chi connectivity index (χ4v) is 0.440. The lowest BCUT2D eigenvalue weighted by Gasteiger charge is -2.07. The van der Waals surface area contributed by atoms with Gasteiger partial charge in [-0.2, -0.15) is 0 Å². The molecule has 0 radical (unpaired) electrons. The Bertz CT molecular complexity index is 173. The van der Waals surface area contributed by atoms with E-state index >= 15 is 0 Å². The Morgan fingerprint density at radius 3 is 2.89 bits per heavy atom. The number of rotatable bonds is 1. The molecule has 0 bridgehead atoms. The first-order valence-electron chi connectivity index (χ1n) is 2.37. The third-order valence-corrected chi connectivity index (χ3v) is 0.805. The topological polar surface area (TPSA) is 58.9 Å². The molecule has 0 fully saturated rings. The summed E-state index contributed by atoms with van der Waals surface area (Å²) >= 11 is 0. The molecule has 48 valence electrons. The highest BCUT2D eigenvalue weighted by Gasteiger charge is 2.15. The quantitative estimate of drug-likeness (QED) is 0.539. The Labute approximate surface area is 51.5 Å². The lowest BCUT2D eigenvalue weighted by Crippen LogP contribution is -2.20. The van der Waals surface area contributed by atoms with Crippen LogP contribution in [0.1, 0.15) is 0 Å². The van der Waals surface area contributed by atoms with E-state index in [0.717, 1.165) is 0 Å². The summed E-state index contributed by atoms with van der Waals surface area (Å²) in [7, 11) is 0. The number of hydrogen-bond acceptors (Lipinski definition) is 3. The Morgan fingerprint density at radius 1 is 1.78 bits per heavy atom. The van der Waals surface area contributed by atoms with Crippen molar-refractivity contribution in [2.75, 3.05) is 0 Å². The van der Waals surface area contributed by atoms with Crippen LogP contribution < -0.4 is 0 Å². The van der Waals surface area contributed by atoms with Crippen molar-refractivity contribution < 1.29 is 14.6 Å². The Kier molecular flexibility index (Phi) is 1.48. The summed E-state index contributed by atoms with van der Waals surface area (Å²) in [5.74, 6) is -1.07. The van der Waals surface area contributed by atoms with E-state index in [4.69, 9.17) is 5.11 Å². The predicted molar refractivity (Wildman–Crippen MR) is 30.1 cm³/mol. The van der Waals surface area contributed by atoms with E-state index in [0.29, 0.717) is 0 Å². The standard InChI is InChI=1S/C5H5NO3/c7-5(8)4-6-2-1-3-9-4/h1-4H,(H,7,8). The van der Waals surface area contributed by atoms with Gasteiger partial charge in [-0.15, -0.1) is 0 Å². The van der Waals surface area contributed by atoms with Gasteiger partial charge in [-0.1, -0.05) is 0 Å². The van der Waals surface area contributed by atoms with E-state index < -0.39 is 12.2 Å². The summed E-state index contributed by atoms with van der Waals surface area (Å²) < 4.78 is 4.56. The molecule has 0 saturated carbocycles. The minimum absolute atomic E-state index is 1.05. The molecule has 1 aliphatic heterocycles. The van der Waals surface area contributed by atoms with E-state index in [1.807, 2.05) is 0 Å². The minimum atomic E-state index is -1.07. The summed E-state index contributed by atoms with van der Waals surface area (Å²) in [6.07, 6.45) is 3.17. The number of carboxylic acid groups (broad SMARTS) is 1. The summed E-state index contributed by atoms with van der Waals surface area (Å²) in [4.78, 5) is 13.6. The Balaban J connectivity index is 2.56. The zero-order valence-electron chi connectivity index (χ0n) is 4.52. The molecule has 1 rings (SSSR count). The van der Waals surface area contributed by atoms with Gasteiger partial charge in [-0.25, -0.2) is 9.79 Å². The zero-order valence-corrected chi connectivity index (χ0v) is 4.52. The highest BCUT2D eigenvalue weighted by Crippen LogP contribution is 1.98. The number of ether oxygens (including phenoxy) is 1. The Hall–Kier alpha value is -1.32. The van der Waals surface area contributed by atoms with Crippen molar-refractivity contribution in [1.82, 2.24) is 0 Å². The first kappa shape index (κ1) is 5.81. The minimum Gasteiger partial charge on any atom is -0.477 e. The maximum absolute atomic E-state index is 10.1. The molecule has 0 aromatic carbocycles. The van der Waals surface area contributed by atoms with Crippen LogP contribution in [0.25, 0.3) is 0 Å². The number of carbonyl (C=O) groups is 1. The van der Waals surface area contributed by atoms with Crippen molar-refractivity contribution in [3.05, 3.63) is 12.3 Å². The Morgan fingerprint density at radius 2 is 2.56 bits per heavy atom. The van der Waals surface area contributed by atoms with Crippen LogP contribution in [0.3, 0.4) is 0 Å². The van der Waals surface area contributed by atoms with Crippen LogP contribution >= 0.6 is 0 Å². The maximum Gasteiger partial charge on any atom is 0.368 e. The molecule has 1 unspecified atom stereocenters. The van der Waals surface area contributed by atoms with Gasteiger partial charge in [0.1, 0.15) is 0 Å². The number of allylic oxidation sites excluding steroid dienone is 1. The van der Waals surface area contributed by atoms with Crippen LogP contribution in [0.2, 0.25) is 0 Å². The van der Waals surface area contributed by atoms with Gasteiger partial charge in [-0.3, -0.25) is 0 Å². The fourth-order valence-electron chi connectivity index (χ4n) is 0.440. The third kappa shape index (κ3) is 1.28. The highest BCUT2D eigenvalue weighted by molar-refractivity contribution is 5.79. The molecule has 4 heteroatoms. The lowest BCUT2D eigenvalue weighted by molar-refractivity contribution is -0.146. The number of carboxylic acids is 1. The predicted octanol–water partition coefficient (Wildman–Crippen LogP) is 0.0118. The summed E-state index contributed by atoms with van der Waals surface area (Å²) in [5.41, 5.74) is 0. The van der Waals surface area contributed by atoms with Crippen LogP contribution in [0.5, 0.6) is 0 Å². The van der Waals surface area contributed by atoms with E-state index in [2.05, 4.69) is 9.73 Å². The van der Waals surface area contributed by atoms with Gasteiger partial charge < -0.3 is 9.84 Å². The third-order valence-electron chi connectivity index (χ3n) is 0.805. The van der Waals surface area contributed by atoms with E-state index in [1.54, 1.807) is 0 Å². The molecular weight excluding hydrogens is 122 g/mol. The maximum atomic E-state index is 10.1. The molecule has 0 saturated heterocycles. The van der Waals surface area contributed by atoms with Crippen LogP contribution in [-0.2, 0) is 9.53 Å². The van der Waals surface area contributed by atoms with Crippen molar-refractivity contribution in [3.8, 4) is 0 Å². The monoisotopic (exact) mass is 127 g/mol. The molecule has 0 aliphatic carbocycles. The van der Waals surface area contributed by atoms with E-state index in [9.17, 15) is 4.79 Å². The first-order chi connectivity index (χ1) is 4.30. The average Bonchev–Trinajstić information content (AvgIpc) is 1.90. The average molecular weight is 127 g/mol. The van der Waals surface area contributed by atoms with E-state index in [-0.39, 0.29) is 0 Å². The SMILES string of the molecule is O=C(O)C1N=CC=CO1. The van der Waals surface area contributed by atoms with Gasteiger partial charge in [0.05, 0.1) is 6.26 Å². The molecule has 0 amide bonds. The van der Waals surface area contributed by atoms with Gasteiger partial charge in [0.15, 0.2) is 0 Å². The second kappa shape index (κ2) is 2.30. The summed E-state index contributed by atoms with van der Waals surface area (Å²) in [5, 5.41) is 8.27. The van der Waals surface area contributed by atoms with Gasteiger partial charge >= 0.3 is 5.97 Å². The largest absolute Gasteiger partial charge is 0.477 e. The van der Waals surface area contributed by atoms with Gasteiger partial charge in [0, 0.05) is 6.21 Å². The summed E-state index contributed by atoms with van der Waals surface area (Å²) in [6.45, 7) is 0. The van der Waals surface area contributed by atoms with Crippen molar-refractivity contribution in [1.29, 1.82) is 0 Å². The normalized spacial score (nSPS) is 23.3. The lowest BCUT2D eigenvalue weighted by atomic mass is 10.5. The smallest absolute Gasteiger partial charge is 0.368 e. The molecule has 9 heavy (non-hydrogen) atoms. The summed E-state index contributed by atoms with van der Waals surface area (Å²) in [6, 6.07) is 0. The number of hydrogen-bond donors (Lipinski definition) is 1. The number of nitrogens with zero attached hydrogens (tertiary/aromatic N) is 1. The molecule has 1 heterocycles. The highest BCUT2D eigenvalue weighted by atomic mass is 16.5. The molecular formula is C5H5NO3. The van der Waals surface area contributed by atoms with Crippen LogP contribution in [0, 0.1) is 0 Å². The second-order valence-corrected chi connectivity index (χ2v) is 1.45.